The summed E-state index contributed by atoms with van der Waals surface area (Å²) in [5.41, 5.74) is 12.3. The lowest BCUT2D eigenvalue weighted by Gasteiger charge is -2.13. The highest BCUT2D eigenvalue weighted by molar-refractivity contribution is 5.40. The summed E-state index contributed by atoms with van der Waals surface area (Å²) in [6.07, 6.45) is 3.31. The van der Waals surface area contributed by atoms with E-state index in [1.807, 2.05) is 12.1 Å². The SMILES string of the molecule is Cc1cc(CCc2cc(C#N)cc(CCc3cc(C)cc(-n4c(C)ccc4C)n3)c2)nc(-n2c(C)ccc2C)c1. The predicted molar refractivity (Wildman–Crippen MR) is 162 cm³/mol. The molecule has 0 saturated heterocycles. The van der Waals surface area contributed by atoms with Crippen LogP contribution in [-0.2, 0) is 25.7 Å². The van der Waals surface area contributed by atoms with E-state index < -0.39 is 0 Å². The number of benzene rings is 1. The van der Waals surface area contributed by atoms with Gasteiger partial charge in [0.25, 0.3) is 0 Å². The summed E-state index contributed by atoms with van der Waals surface area (Å²) in [6.45, 7) is 12.7. The van der Waals surface area contributed by atoms with Crippen molar-refractivity contribution in [3.8, 4) is 17.7 Å². The summed E-state index contributed by atoms with van der Waals surface area (Å²) in [7, 11) is 0. The fourth-order valence-corrected chi connectivity index (χ4v) is 5.65. The average molecular weight is 528 g/mol. The van der Waals surface area contributed by atoms with Crippen molar-refractivity contribution in [2.75, 3.05) is 0 Å². The molecule has 4 heterocycles. The molecule has 0 radical (unpaired) electrons. The summed E-state index contributed by atoms with van der Waals surface area (Å²) in [5.74, 6) is 1.94. The summed E-state index contributed by atoms with van der Waals surface area (Å²) in [4.78, 5) is 9.98. The third-order valence-electron chi connectivity index (χ3n) is 7.54. The fraction of sp³-hybridized carbons (Fsp3) is 0.286. The molecule has 0 bridgehead atoms. The minimum atomic E-state index is 0.709. The molecule has 0 spiro atoms. The average Bonchev–Trinajstić information content (AvgIpc) is 3.44. The van der Waals surface area contributed by atoms with Gasteiger partial charge in [0.05, 0.1) is 11.6 Å². The highest BCUT2D eigenvalue weighted by atomic mass is 15.1. The van der Waals surface area contributed by atoms with Crippen LogP contribution in [0.2, 0.25) is 0 Å². The van der Waals surface area contributed by atoms with Crippen LogP contribution in [0, 0.1) is 52.9 Å². The molecule has 4 aromatic heterocycles. The van der Waals surface area contributed by atoms with Crippen molar-refractivity contribution in [3.63, 3.8) is 0 Å². The van der Waals surface area contributed by atoms with Gasteiger partial charge in [-0.25, -0.2) is 9.97 Å². The monoisotopic (exact) mass is 527 g/mol. The van der Waals surface area contributed by atoms with E-state index in [4.69, 9.17) is 9.97 Å². The number of aromatic nitrogens is 4. The molecule has 5 heteroatoms. The third kappa shape index (κ3) is 5.92. The first kappa shape index (κ1) is 27.1. The van der Waals surface area contributed by atoms with Gasteiger partial charge in [0, 0.05) is 34.2 Å². The van der Waals surface area contributed by atoms with Gasteiger partial charge in [-0.2, -0.15) is 5.26 Å². The molecular formula is C35H37N5. The molecule has 0 fully saturated rings. The second-order valence-corrected chi connectivity index (χ2v) is 11.0. The molecule has 202 valence electrons. The van der Waals surface area contributed by atoms with E-state index in [1.54, 1.807) is 0 Å². The largest absolute Gasteiger partial charge is 0.303 e. The van der Waals surface area contributed by atoms with Crippen LogP contribution < -0.4 is 0 Å². The summed E-state index contributed by atoms with van der Waals surface area (Å²) in [5, 5.41) is 9.74. The van der Waals surface area contributed by atoms with E-state index in [9.17, 15) is 5.26 Å². The molecular weight excluding hydrogens is 490 g/mol. The highest BCUT2D eigenvalue weighted by Gasteiger charge is 2.11. The van der Waals surface area contributed by atoms with Crippen molar-refractivity contribution in [2.24, 2.45) is 0 Å². The van der Waals surface area contributed by atoms with Crippen LogP contribution in [0.15, 0.2) is 66.7 Å². The predicted octanol–water partition coefficient (Wildman–Crippen LogP) is 7.35. The molecule has 40 heavy (non-hydrogen) atoms. The summed E-state index contributed by atoms with van der Waals surface area (Å²) in [6, 6.07) is 25.8. The Balaban J connectivity index is 1.33. The Morgan fingerprint density at radius 2 is 0.950 bits per heavy atom. The Morgan fingerprint density at radius 3 is 1.32 bits per heavy atom. The van der Waals surface area contributed by atoms with E-state index in [-0.39, 0.29) is 0 Å². The van der Waals surface area contributed by atoms with Crippen molar-refractivity contribution >= 4 is 0 Å². The van der Waals surface area contributed by atoms with E-state index >= 15 is 0 Å². The molecule has 0 aliphatic carbocycles. The van der Waals surface area contributed by atoms with E-state index in [2.05, 4.69) is 111 Å². The molecule has 5 aromatic rings. The van der Waals surface area contributed by atoms with Gasteiger partial charge in [0.15, 0.2) is 0 Å². The molecule has 0 saturated carbocycles. The van der Waals surface area contributed by atoms with Crippen LogP contribution in [-0.4, -0.2) is 19.1 Å². The minimum absolute atomic E-state index is 0.709. The zero-order valence-corrected chi connectivity index (χ0v) is 24.4. The number of hydrogen-bond acceptors (Lipinski definition) is 3. The standard InChI is InChI=1S/C35H37N5/c1-23-15-32(37-34(17-23)39-25(3)7-8-26(39)4)13-11-29-19-30(21-31(20-29)22-36)12-14-33-16-24(2)18-35(38-33)40-27(5)9-10-28(40)6/h7-10,15-21H,11-14H2,1-6H3. The first-order chi connectivity index (χ1) is 19.2. The van der Waals surface area contributed by atoms with Crippen LogP contribution in [0.25, 0.3) is 11.6 Å². The third-order valence-corrected chi connectivity index (χ3v) is 7.54. The van der Waals surface area contributed by atoms with Gasteiger partial charge in [-0.1, -0.05) is 6.07 Å². The Hall–Kier alpha value is -4.43. The van der Waals surface area contributed by atoms with Crippen molar-refractivity contribution in [2.45, 2.75) is 67.2 Å². The van der Waals surface area contributed by atoms with Crippen LogP contribution in [0.1, 0.15) is 62.0 Å². The molecule has 5 rings (SSSR count). The molecule has 5 nitrogen and oxygen atoms in total. The van der Waals surface area contributed by atoms with Crippen LogP contribution >= 0.6 is 0 Å². The Kier molecular flexibility index (Phi) is 7.71. The number of nitrogens with zero attached hydrogens (tertiary/aromatic N) is 5. The van der Waals surface area contributed by atoms with Crippen LogP contribution in [0.5, 0.6) is 0 Å². The minimum Gasteiger partial charge on any atom is -0.303 e. The van der Waals surface area contributed by atoms with Crippen LogP contribution in [0.3, 0.4) is 0 Å². The lowest BCUT2D eigenvalue weighted by molar-refractivity contribution is 0.851. The maximum atomic E-state index is 9.74. The molecule has 0 aliphatic rings. The zero-order valence-electron chi connectivity index (χ0n) is 24.4. The van der Waals surface area contributed by atoms with E-state index in [0.717, 1.165) is 48.7 Å². The maximum absolute atomic E-state index is 9.74. The number of pyridine rings is 2. The Morgan fingerprint density at radius 1 is 0.550 bits per heavy atom. The smallest absolute Gasteiger partial charge is 0.137 e. The lowest BCUT2D eigenvalue weighted by atomic mass is 9.98. The fourth-order valence-electron chi connectivity index (χ4n) is 5.65. The van der Waals surface area contributed by atoms with Crippen LogP contribution in [0.4, 0.5) is 0 Å². The molecule has 0 atom stereocenters. The number of nitriles is 1. The van der Waals surface area contributed by atoms with Gasteiger partial charge in [-0.15, -0.1) is 0 Å². The van der Waals surface area contributed by atoms with E-state index in [0.29, 0.717) is 5.56 Å². The van der Waals surface area contributed by atoms with Crippen molar-refractivity contribution in [1.82, 2.24) is 19.1 Å². The lowest BCUT2D eigenvalue weighted by Crippen LogP contribution is -2.06. The first-order valence-electron chi connectivity index (χ1n) is 14.0. The maximum Gasteiger partial charge on any atom is 0.137 e. The molecule has 0 aliphatic heterocycles. The molecule has 0 unspecified atom stereocenters. The van der Waals surface area contributed by atoms with Crippen molar-refractivity contribution < 1.29 is 0 Å². The van der Waals surface area contributed by atoms with Gasteiger partial charge in [-0.3, -0.25) is 0 Å². The Bertz CT molecular complexity index is 1570. The van der Waals surface area contributed by atoms with E-state index in [1.165, 1.54) is 45.0 Å². The quantitative estimate of drug-likeness (QED) is 0.212. The molecule has 0 N–H and O–H groups in total. The normalized spacial score (nSPS) is 11.1. The number of hydrogen-bond donors (Lipinski definition) is 0. The summed E-state index contributed by atoms with van der Waals surface area (Å²) < 4.78 is 4.41. The van der Waals surface area contributed by atoms with Gasteiger partial charge < -0.3 is 9.13 Å². The number of rotatable bonds is 8. The second kappa shape index (κ2) is 11.4. The van der Waals surface area contributed by atoms with Crippen molar-refractivity contribution in [3.05, 3.63) is 129 Å². The topological polar surface area (TPSA) is 59.4 Å². The van der Waals surface area contributed by atoms with Gasteiger partial charge >= 0.3 is 0 Å². The highest BCUT2D eigenvalue weighted by Crippen LogP contribution is 2.21. The first-order valence-corrected chi connectivity index (χ1v) is 14.0. The van der Waals surface area contributed by atoms with Gasteiger partial charge in [0.2, 0.25) is 0 Å². The molecule has 1 aromatic carbocycles. The van der Waals surface area contributed by atoms with Gasteiger partial charge in [-0.05, 0) is 150 Å². The molecule has 0 amide bonds. The van der Waals surface area contributed by atoms with Gasteiger partial charge in [0.1, 0.15) is 11.6 Å². The second-order valence-electron chi connectivity index (χ2n) is 11.0. The number of aryl methyl sites for hydroxylation is 10. The Labute approximate surface area is 237 Å². The zero-order chi connectivity index (χ0) is 28.4. The summed E-state index contributed by atoms with van der Waals surface area (Å²) >= 11 is 0. The van der Waals surface area contributed by atoms with Crippen molar-refractivity contribution in [1.29, 1.82) is 5.26 Å².